The number of hydrogen-bond acceptors (Lipinski definition) is 4. The van der Waals surface area contributed by atoms with Crippen molar-refractivity contribution < 1.29 is 29.6 Å². The van der Waals surface area contributed by atoms with E-state index in [0.29, 0.717) is 12.3 Å². The Morgan fingerprint density at radius 2 is 1.50 bits per heavy atom. The Hall–Kier alpha value is -0.350. The molecule has 0 fully saturated rings. The molecule has 2 aromatic rings. The van der Waals surface area contributed by atoms with Gasteiger partial charge in [-0.1, -0.05) is 0 Å². The van der Waals surface area contributed by atoms with Crippen molar-refractivity contribution in [3.05, 3.63) is 39.3 Å². The van der Waals surface area contributed by atoms with Crippen LogP contribution in [0.4, 0.5) is 0 Å². The molecular weight excluding hydrogens is 470 g/mol. The molecule has 0 N–H and O–H groups in total. The summed E-state index contributed by atoms with van der Waals surface area (Å²) in [7, 11) is 0. The molecule has 0 bridgehead atoms. The van der Waals surface area contributed by atoms with Gasteiger partial charge in [-0.25, -0.2) is 0 Å². The molecule has 0 radical (unpaired) electrons. The second-order valence-electron chi connectivity index (χ2n) is 4.02. The van der Waals surface area contributed by atoms with Gasteiger partial charge < -0.3 is 11.8 Å². The molecule has 0 spiro atoms. The van der Waals surface area contributed by atoms with Crippen molar-refractivity contribution in [2.75, 3.05) is 0 Å². The zero-order valence-electron chi connectivity index (χ0n) is 13.8. The Bertz CT molecular complexity index is 641. The molecule has 0 saturated heterocycles. The van der Waals surface area contributed by atoms with E-state index in [4.69, 9.17) is 28.7 Å². The average molecular weight is 487 g/mol. The van der Waals surface area contributed by atoms with E-state index in [1.165, 1.54) is 0 Å². The molecule has 0 saturated carbocycles. The van der Waals surface area contributed by atoms with Gasteiger partial charge in [0.2, 0.25) is 0 Å². The first-order valence-corrected chi connectivity index (χ1v) is 8.76. The minimum Gasteiger partial charge on any atom is -0.512 e. The predicted octanol–water partition coefficient (Wildman–Crippen LogP) is 1.24. The van der Waals surface area contributed by atoms with E-state index in [0.717, 1.165) is 33.4 Å². The van der Waals surface area contributed by atoms with Crippen LogP contribution < -0.4 is 29.6 Å². The fraction of sp³-hybridized carbons (Fsp3) is 0.429. The number of aryl methyl sites for hydroxylation is 2. The summed E-state index contributed by atoms with van der Waals surface area (Å²) in [5, 5.41) is 22.8. The molecule has 24 heavy (non-hydrogen) atoms. The molecule has 0 aliphatic heterocycles. The van der Waals surface area contributed by atoms with Crippen molar-refractivity contribution in [1.82, 2.24) is 19.6 Å². The maximum Gasteiger partial charge on any atom is 1.00 e. The van der Waals surface area contributed by atoms with E-state index in [2.05, 4.69) is 48.1 Å². The van der Waals surface area contributed by atoms with Gasteiger partial charge in [0.25, 0.3) is 0 Å². The number of halogens is 3. The summed E-state index contributed by atoms with van der Waals surface area (Å²) in [6.45, 7) is 10.5. The van der Waals surface area contributed by atoms with Gasteiger partial charge >= 0.3 is 29.6 Å². The Labute approximate surface area is 186 Å². The van der Waals surface area contributed by atoms with E-state index >= 15 is 0 Å². The van der Waals surface area contributed by atoms with Gasteiger partial charge in [-0.3, -0.25) is 9.36 Å². The monoisotopic (exact) mass is 484 g/mol. The molecule has 124 valence electrons. The van der Waals surface area contributed by atoms with Gasteiger partial charge in [0.15, 0.2) is 0 Å². The van der Waals surface area contributed by atoms with Gasteiger partial charge in [0.05, 0.1) is 30.8 Å². The van der Waals surface area contributed by atoms with E-state index in [-0.39, 0.29) is 29.6 Å². The van der Waals surface area contributed by atoms with Gasteiger partial charge in [-0.2, -0.15) is 15.5 Å². The Morgan fingerprint density at radius 3 is 1.79 bits per heavy atom. The SMILES string of the molecule is CCn1ncc(CC#N)c1Br.CCn1ncc(CCl)c1Br.[C-]#N.[Na+]. The second kappa shape index (κ2) is 14.9. The number of nitriles is 1. The van der Waals surface area contributed by atoms with Crippen molar-refractivity contribution in [3.8, 4) is 6.07 Å². The van der Waals surface area contributed by atoms with Gasteiger partial charge in [-0.15, -0.1) is 11.6 Å². The summed E-state index contributed by atoms with van der Waals surface area (Å²) >= 11 is 12.4. The zero-order chi connectivity index (χ0) is 17.8. The minimum absolute atomic E-state index is 0. The number of alkyl halides is 1. The quantitative estimate of drug-likeness (QED) is 0.370. The molecule has 2 aromatic heterocycles. The molecule has 10 heteroatoms. The Kier molecular flexibility index (Phi) is 16.1. The van der Waals surface area contributed by atoms with Crippen LogP contribution in [0.3, 0.4) is 0 Å². The molecule has 2 heterocycles. The third-order valence-electron chi connectivity index (χ3n) is 2.70. The standard InChI is InChI=1S/C7H8BrN3.C6H8BrClN2.CN.Na/c1-2-11-7(8)6(3-4-9)5-10-11;1-2-10-6(7)5(3-8)4-9-10;1-2;/h5H,2-3H2,1H3;4H,2-3H2,1H3;;/q;;-1;+1. The van der Waals surface area contributed by atoms with Crippen LogP contribution in [-0.2, 0) is 25.4 Å². The van der Waals surface area contributed by atoms with Crippen LogP contribution in [0.5, 0.6) is 0 Å². The summed E-state index contributed by atoms with van der Waals surface area (Å²) in [6, 6.07) is 2.08. The van der Waals surface area contributed by atoms with E-state index in [9.17, 15) is 0 Å². The normalized spacial score (nSPS) is 8.75. The summed E-state index contributed by atoms with van der Waals surface area (Å²) in [5.41, 5.74) is 2.00. The molecule has 0 aliphatic carbocycles. The largest absolute Gasteiger partial charge is 1.00 e. The number of rotatable bonds is 4. The fourth-order valence-electron chi connectivity index (χ4n) is 1.55. The molecule has 0 atom stereocenters. The molecule has 0 aromatic carbocycles. The maximum absolute atomic E-state index is 8.42. The summed E-state index contributed by atoms with van der Waals surface area (Å²) in [4.78, 5) is 0. The number of nitrogens with zero attached hydrogens (tertiary/aromatic N) is 6. The van der Waals surface area contributed by atoms with E-state index in [1.807, 2.05) is 23.2 Å². The molecule has 2 rings (SSSR count). The number of aromatic nitrogens is 4. The Balaban J connectivity index is 0. The molecule has 0 unspecified atom stereocenters. The van der Waals surface area contributed by atoms with E-state index < -0.39 is 0 Å². The first kappa shape index (κ1) is 25.9. The van der Waals surface area contributed by atoms with Gasteiger partial charge in [0.1, 0.15) is 9.21 Å². The Morgan fingerprint density at radius 1 is 1.08 bits per heavy atom. The molecule has 0 aliphatic rings. The van der Waals surface area contributed by atoms with Crippen LogP contribution in [0.2, 0.25) is 0 Å². The van der Waals surface area contributed by atoms with Gasteiger partial charge in [0, 0.05) is 24.2 Å². The maximum atomic E-state index is 8.42. The van der Waals surface area contributed by atoms with Crippen LogP contribution >= 0.6 is 43.5 Å². The molecule has 6 nitrogen and oxygen atoms in total. The van der Waals surface area contributed by atoms with Crippen molar-refractivity contribution in [2.45, 2.75) is 39.2 Å². The number of hydrogen-bond donors (Lipinski definition) is 0. The predicted molar refractivity (Wildman–Crippen MR) is 95.0 cm³/mol. The zero-order valence-corrected chi connectivity index (χ0v) is 19.7. The summed E-state index contributed by atoms with van der Waals surface area (Å²) in [5.74, 6) is 0.514. The van der Waals surface area contributed by atoms with Crippen molar-refractivity contribution in [3.63, 3.8) is 0 Å². The van der Waals surface area contributed by atoms with Crippen LogP contribution in [0.1, 0.15) is 25.0 Å². The van der Waals surface area contributed by atoms with Crippen LogP contribution in [-0.4, -0.2) is 19.6 Å². The first-order valence-electron chi connectivity index (χ1n) is 6.64. The molecular formula is C14H16Br2ClN6Na. The summed E-state index contributed by atoms with van der Waals surface area (Å²) < 4.78 is 5.58. The molecule has 0 amide bonds. The smallest absolute Gasteiger partial charge is 0.512 e. The topological polar surface area (TPSA) is 83.2 Å². The average Bonchev–Trinajstić information content (AvgIpc) is 3.13. The van der Waals surface area contributed by atoms with Crippen LogP contribution in [0.15, 0.2) is 21.6 Å². The van der Waals surface area contributed by atoms with Gasteiger partial charge in [-0.05, 0) is 45.7 Å². The van der Waals surface area contributed by atoms with Crippen molar-refractivity contribution in [1.29, 1.82) is 10.5 Å². The van der Waals surface area contributed by atoms with Crippen molar-refractivity contribution >= 4 is 43.5 Å². The van der Waals surface area contributed by atoms with Crippen LogP contribution in [0, 0.1) is 23.2 Å². The summed E-state index contributed by atoms with van der Waals surface area (Å²) in [6.07, 6.45) is 3.91. The minimum atomic E-state index is 0. The second-order valence-corrected chi connectivity index (χ2v) is 5.79. The third-order valence-corrected chi connectivity index (χ3v) is 4.83. The van der Waals surface area contributed by atoms with Crippen LogP contribution in [0.25, 0.3) is 0 Å². The third kappa shape index (κ3) is 7.69. The fourth-order valence-corrected chi connectivity index (χ4v) is 3.08. The van der Waals surface area contributed by atoms with Crippen molar-refractivity contribution in [2.24, 2.45) is 0 Å². The first-order chi connectivity index (χ1) is 11.1. The van der Waals surface area contributed by atoms with E-state index in [1.54, 1.807) is 12.4 Å².